The zero-order valence-electron chi connectivity index (χ0n) is 11.3. The van der Waals surface area contributed by atoms with Crippen LogP contribution in [0.25, 0.3) is 0 Å². The molecular formula is C12H22N2O4. The largest absolute Gasteiger partial charge is 0.481 e. The predicted octanol–water partition coefficient (Wildman–Crippen LogP) is -0.0822. The van der Waals surface area contributed by atoms with Gasteiger partial charge in [0.25, 0.3) is 0 Å². The maximum Gasteiger partial charge on any atom is 0.311 e. The molecule has 0 aromatic carbocycles. The predicted molar refractivity (Wildman–Crippen MR) is 65.9 cm³/mol. The lowest BCUT2D eigenvalue weighted by atomic mass is 9.86. The number of carboxylic acid groups (broad SMARTS) is 1. The Bertz CT molecular complexity index is 337. The summed E-state index contributed by atoms with van der Waals surface area (Å²) in [7, 11) is 1.59. The summed E-state index contributed by atoms with van der Waals surface area (Å²) in [5.41, 5.74) is 5.55. The second-order valence-corrected chi connectivity index (χ2v) is 5.84. The molecule has 18 heavy (non-hydrogen) atoms. The lowest BCUT2D eigenvalue weighted by molar-refractivity contribution is -0.145. The number of carbonyl (C=O) groups is 2. The van der Waals surface area contributed by atoms with E-state index in [2.05, 4.69) is 0 Å². The van der Waals surface area contributed by atoms with Crippen molar-refractivity contribution < 1.29 is 19.4 Å². The number of carboxylic acids is 1. The minimum Gasteiger partial charge on any atom is -0.481 e. The van der Waals surface area contributed by atoms with Crippen LogP contribution in [0.5, 0.6) is 0 Å². The van der Waals surface area contributed by atoms with Gasteiger partial charge in [-0.25, -0.2) is 0 Å². The van der Waals surface area contributed by atoms with Gasteiger partial charge in [-0.3, -0.25) is 9.59 Å². The molecule has 1 saturated heterocycles. The van der Waals surface area contributed by atoms with Crippen molar-refractivity contribution in [3.63, 3.8) is 0 Å². The first-order valence-corrected chi connectivity index (χ1v) is 5.99. The summed E-state index contributed by atoms with van der Waals surface area (Å²) in [4.78, 5) is 24.7. The summed E-state index contributed by atoms with van der Waals surface area (Å²) in [6.45, 7) is 6.02. The van der Waals surface area contributed by atoms with Gasteiger partial charge in [0.2, 0.25) is 5.91 Å². The second-order valence-electron chi connectivity index (χ2n) is 5.84. The fourth-order valence-corrected chi connectivity index (χ4v) is 1.91. The Kier molecular flexibility index (Phi) is 4.34. The molecule has 2 unspecified atom stereocenters. The summed E-state index contributed by atoms with van der Waals surface area (Å²) < 4.78 is 5.15. The molecule has 3 N–H and O–H groups in total. The average Bonchev–Trinajstić information content (AvgIpc) is 2.73. The molecule has 6 heteroatoms. The summed E-state index contributed by atoms with van der Waals surface area (Å²) in [5, 5.41) is 9.06. The first kappa shape index (κ1) is 14.9. The third-order valence-corrected chi connectivity index (χ3v) is 3.41. The highest BCUT2D eigenvalue weighted by molar-refractivity contribution is 5.83. The van der Waals surface area contributed by atoms with Crippen LogP contribution in [0.15, 0.2) is 0 Å². The number of ether oxygens (including phenoxy) is 1. The summed E-state index contributed by atoms with van der Waals surface area (Å²) in [5.74, 6) is -1.86. The molecule has 0 spiro atoms. The third kappa shape index (κ3) is 3.00. The Hall–Kier alpha value is -1.14. The van der Waals surface area contributed by atoms with Crippen molar-refractivity contribution in [2.24, 2.45) is 17.1 Å². The number of amides is 1. The second kappa shape index (κ2) is 5.24. The van der Waals surface area contributed by atoms with Gasteiger partial charge in [-0.1, -0.05) is 20.8 Å². The fraction of sp³-hybridized carbons (Fsp3) is 0.833. The highest BCUT2D eigenvalue weighted by Crippen LogP contribution is 2.23. The van der Waals surface area contributed by atoms with E-state index < -0.39 is 24.0 Å². The summed E-state index contributed by atoms with van der Waals surface area (Å²) >= 11 is 0. The number of rotatable bonds is 3. The highest BCUT2D eigenvalue weighted by Gasteiger charge is 2.41. The van der Waals surface area contributed by atoms with Crippen LogP contribution in [0.3, 0.4) is 0 Å². The fourth-order valence-electron chi connectivity index (χ4n) is 1.91. The lowest BCUT2D eigenvalue weighted by Gasteiger charge is -2.33. The van der Waals surface area contributed by atoms with Crippen molar-refractivity contribution in [2.75, 3.05) is 20.3 Å². The quantitative estimate of drug-likeness (QED) is 0.738. The standard InChI is InChI=1S/C12H22N2O4/c1-12(2,3)9(13)10(15)14(4)8-6-18-5-7(8)11(16)17/h7-9H,5-6,13H2,1-4H3,(H,16,17)/t7?,8?,9-/m0/s1. The van der Waals surface area contributed by atoms with Crippen molar-refractivity contribution >= 4 is 11.9 Å². The van der Waals surface area contributed by atoms with E-state index in [-0.39, 0.29) is 24.5 Å². The Morgan fingerprint density at radius 1 is 1.39 bits per heavy atom. The van der Waals surface area contributed by atoms with Gasteiger partial charge in [0, 0.05) is 7.05 Å². The zero-order valence-corrected chi connectivity index (χ0v) is 11.3. The SMILES string of the molecule is CN(C(=O)[C@H](N)C(C)(C)C)C1COCC1C(=O)O. The molecule has 1 rings (SSSR count). The van der Waals surface area contributed by atoms with Gasteiger partial charge in [-0.15, -0.1) is 0 Å². The number of hydrogen-bond acceptors (Lipinski definition) is 4. The van der Waals surface area contributed by atoms with Gasteiger partial charge in [0.15, 0.2) is 0 Å². The van der Waals surface area contributed by atoms with Crippen LogP contribution in [-0.4, -0.2) is 54.2 Å². The molecular weight excluding hydrogens is 236 g/mol. The maximum atomic E-state index is 12.2. The van der Waals surface area contributed by atoms with E-state index in [4.69, 9.17) is 15.6 Å². The minimum absolute atomic E-state index is 0.141. The van der Waals surface area contributed by atoms with E-state index in [0.29, 0.717) is 0 Å². The van der Waals surface area contributed by atoms with E-state index in [1.807, 2.05) is 20.8 Å². The molecule has 3 atom stereocenters. The van der Waals surface area contributed by atoms with Crippen molar-refractivity contribution in [1.82, 2.24) is 4.90 Å². The number of nitrogens with two attached hydrogens (primary N) is 1. The molecule has 104 valence electrons. The van der Waals surface area contributed by atoms with Crippen molar-refractivity contribution in [3.05, 3.63) is 0 Å². The Morgan fingerprint density at radius 2 is 1.94 bits per heavy atom. The molecule has 1 amide bonds. The molecule has 0 aliphatic carbocycles. The third-order valence-electron chi connectivity index (χ3n) is 3.41. The molecule has 6 nitrogen and oxygen atoms in total. The van der Waals surface area contributed by atoms with Crippen molar-refractivity contribution in [1.29, 1.82) is 0 Å². The van der Waals surface area contributed by atoms with Gasteiger partial charge >= 0.3 is 5.97 Å². The van der Waals surface area contributed by atoms with Crippen molar-refractivity contribution in [2.45, 2.75) is 32.9 Å². The van der Waals surface area contributed by atoms with Crippen LogP contribution in [-0.2, 0) is 14.3 Å². The topological polar surface area (TPSA) is 92.9 Å². The number of hydrogen-bond donors (Lipinski definition) is 2. The van der Waals surface area contributed by atoms with E-state index in [1.165, 1.54) is 4.90 Å². The number of nitrogens with zero attached hydrogens (tertiary/aromatic N) is 1. The monoisotopic (exact) mass is 258 g/mol. The Balaban J connectivity index is 2.78. The maximum absolute atomic E-state index is 12.2. The van der Waals surface area contributed by atoms with Gasteiger partial charge in [0.05, 0.1) is 25.3 Å². The van der Waals surface area contributed by atoms with Crippen LogP contribution in [0.4, 0.5) is 0 Å². The zero-order chi connectivity index (χ0) is 14.1. The number of carbonyl (C=O) groups excluding carboxylic acids is 1. The molecule has 0 saturated carbocycles. The molecule has 1 aliphatic heterocycles. The Morgan fingerprint density at radius 3 is 2.39 bits per heavy atom. The molecule has 0 aromatic heterocycles. The van der Waals surface area contributed by atoms with Crippen LogP contribution < -0.4 is 5.73 Å². The van der Waals surface area contributed by atoms with Crippen LogP contribution in [0, 0.1) is 11.3 Å². The lowest BCUT2D eigenvalue weighted by Crippen LogP contribution is -2.54. The molecule has 0 radical (unpaired) electrons. The van der Waals surface area contributed by atoms with Gasteiger partial charge in [0.1, 0.15) is 5.92 Å². The number of aliphatic carboxylic acids is 1. The van der Waals surface area contributed by atoms with Crippen LogP contribution >= 0.6 is 0 Å². The summed E-state index contributed by atoms with van der Waals surface area (Å²) in [6.07, 6.45) is 0. The normalized spacial score (nSPS) is 25.8. The minimum atomic E-state index is -0.943. The van der Waals surface area contributed by atoms with Gasteiger partial charge in [-0.2, -0.15) is 0 Å². The average molecular weight is 258 g/mol. The smallest absolute Gasteiger partial charge is 0.311 e. The Labute approximate surface area is 107 Å². The highest BCUT2D eigenvalue weighted by atomic mass is 16.5. The van der Waals surface area contributed by atoms with E-state index in [1.54, 1.807) is 7.05 Å². The van der Waals surface area contributed by atoms with E-state index in [0.717, 1.165) is 0 Å². The number of likely N-dealkylation sites (N-methyl/N-ethyl adjacent to an activating group) is 1. The van der Waals surface area contributed by atoms with Gasteiger partial charge < -0.3 is 20.5 Å². The first-order valence-electron chi connectivity index (χ1n) is 5.99. The van der Waals surface area contributed by atoms with Crippen LogP contribution in [0.1, 0.15) is 20.8 Å². The van der Waals surface area contributed by atoms with E-state index in [9.17, 15) is 9.59 Å². The van der Waals surface area contributed by atoms with Gasteiger partial charge in [-0.05, 0) is 5.41 Å². The first-order chi connectivity index (χ1) is 8.16. The summed E-state index contributed by atoms with van der Waals surface area (Å²) in [6, 6.07) is -1.10. The molecule has 0 aromatic rings. The van der Waals surface area contributed by atoms with E-state index >= 15 is 0 Å². The molecule has 1 aliphatic rings. The molecule has 1 fully saturated rings. The van der Waals surface area contributed by atoms with Crippen LogP contribution in [0.2, 0.25) is 0 Å². The molecule has 1 heterocycles. The molecule has 0 bridgehead atoms. The van der Waals surface area contributed by atoms with Crippen molar-refractivity contribution in [3.8, 4) is 0 Å².